The number of aryl methyl sites for hydroxylation is 1. The zero-order valence-electron chi connectivity index (χ0n) is 12.4. The van der Waals surface area contributed by atoms with Crippen LogP contribution in [0.5, 0.6) is 0 Å². The van der Waals surface area contributed by atoms with Crippen molar-refractivity contribution in [2.45, 2.75) is 26.3 Å². The summed E-state index contributed by atoms with van der Waals surface area (Å²) in [5.41, 5.74) is 8.01. The van der Waals surface area contributed by atoms with Gasteiger partial charge in [0.2, 0.25) is 17.8 Å². The Bertz CT molecular complexity index is 629. The summed E-state index contributed by atoms with van der Waals surface area (Å²) in [4.78, 5) is 15.0. The van der Waals surface area contributed by atoms with Crippen LogP contribution in [-0.4, -0.2) is 37.8 Å². The molecular weight excluding hydrogens is 268 g/mol. The first kappa shape index (κ1) is 13.6. The maximum atomic E-state index is 5.78. The molecule has 0 aliphatic carbocycles. The molecule has 0 unspecified atom stereocenters. The highest BCUT2D eigenvalue weighted by molar-refractivity contribution is 5.42. The second-order valence-electron chi connectivity index (χ2n) is 5.24. The smallest absolute Gasteiger partial charge is 0.231 e. The molecule has 3 N–H and O–H groups in total. The van der Waals surface area contributed by atoms with Crippen LogP contribution >= 0.6 is 0 Å². The minimum Gasteiger partial charge on any atom is -0.368 e. The molecule has 3 rings (SSSR count). The summed E-state index contributed by atoms with van der Waals surface area (Å²) in [6.07, 6.45) is 4.18. The van der Waals surface area contributed by atoms with Gasteiger partial charge in [0.05, 0.1) is 6.20 Å². The number of nitrogens with zero attached hydrogens (tertiary/aromatic N) is 6. The quantitative estimate of drug-likeness (QED) is 0.854. The van der Waals surface area contributed by atoms with Crippen molar-refractivity contribution >= 4 is 17.8 Å². The second kappa shape index (κ2) is 5.55. The Morgan fingerprint density at radius 2 is 2.00 bits per heavy atom. The van der Waals surface area contributed by atoms with E-state index in [2.05, 4.69) is 30.3 Å². The van der Waals surface area contributed by atoms with E-state index in [0.717, 1.165) is 24.3 Å². The Hall–Kier alpha value is -2.38. The topological polar surface area (TPSA) is 97.8 Å². The number of aromatic nitrogens is 5. The zero-order valence-corrected chi connectivity index (χ0v) is 12.4. The molecular formula is C13H20N8. The predicted octanol–water partition coefficient (Wildman–Crippen LogP) is 0.708. The van der Waals surface area contributed by atoms with Crippen molar-refractivity contribution in [1.82, 2.24) is 24.7 Å². The average Bonchev–Trinajstić information content (AvgIpc) is 3.09. The molecule has 0 saturated carbocycles. The third kappa shape index (κ3) is 2.88. The molecule has 1 fully saturated rings. The molecule has 3 heterocycles. The van der Waals surface area contributed by atoms with Crippen LogP contribution in [0.15, 0.2) is 6.20 Å². The van der Waals surface area contributed by atoms with Crippen molar-refractivity contribution in [2.24, 2.45) is 7.05 Å². The maximum absolute atomic E-state index is 5.78. The van der Waals surface area contributed by atoms with Gasteiger partial charge in [0.25, 0.3) is 0 Å². The molecule has 21 heavy (non-hydrogen) atoms. The van der Waals surface area contributed by atoms with E-state index in [4.69, 9.17) is 5.73 Å². The third-order valence-electron chi connectivity index (χ3n) is 3.80. The summed E-state index contributed by atoms with van der Waals surface area (Å²) < 4.78 is 1.84. The number of anilines is 3. The van der Waals surface area contributed by atoms with Crippen LogP contribution in [0.3, 0.4) is 0 Å². The molecule has 0 amide bonds. The van der Waals surface area contributed by atoms with Crippen LogP contribution < -0.4 is 16.0 Å². The fourth-order valence-corrected chi connectivity index (χ4v) is 2.41. The average molecular weight is 288 g/mol. The molecule has 1 saturated heterocycles. The molecule has 112 valence electrons. The van der Waals surface area contributed by atoms with Gasteiger partial charge in [-0.3, -0.25) is 4.68 Å². The second-order valence-corrected chi connectivity index (χ2v) is 5.24. The third-order valence-corrected chi connectivity index (χ3v) is 3.80. The Balaban J connectivity index is 1.74. The molecule has 0 bridgehead atoms. The summed E-state index contributed by atoms with van der Waals surface area (Å²) in [6.45, 7) is 4.60. The van der Waals surface area contributed by atoms with E-state index < -0.39 is 0 Å². The normalized spacial score (nSPS) is 14.7. The monoisotopic (exact) mass is 288 g/mol. The number of nitrogens with two attached hydrogens (primary N) is 1. The van der Waals surface area contributed by atoms with Gasteiger partial charge in [0, 0.05) is 37.9 Å². The number of hydrogen-bond donors (Lipinski definition) is 2. The lowest BCUT2D eigenvalue weighted by molar-refractivity contribution is 0.738. The molecule has 0 spiro atoms. The Labute approximate surface area is 123 Å². The Morgan fingerprint density at radius 1 is 1.24 bits per heavy atom. The maximum Gasteiger partial charge on any atom is 0.231 e. The number of rotatable bonds is 4. The molecule has 8 nitrogen and oxygen atoms in total. The van der Waals surface area contributed by atoms with Gasteiger partial charge in [-0.15, -0.1) is 0 Å². The first-order chi connectivity index (χ1) is 10.1. The van der Waals surface area contributed by atoms with Crippen LogP contribution in [0, 0.1) is 6.92 Å². The van der Waals surface area contributed by atoms with Crippen LogP contribution in [0.1, 0.15) is 24.1 Å². The van der Waals surface area contributed by atoms with E-state index in [1.807, 2.05) is 24.9 Å². The Morgan fingerprint density at radius 3 is 2.67 bits per heavy atom. The SMILES string of the molecule is Cc1c(CNc2nc(N)nc(N3CCCC3)n2)cnn1C. The fourth-order valence-electron chi connectivity index (χ4n) is 2.41. The van der Waals surface area contributed by atoms with Crippen molar-refractivity contribution < 1.29 is 0 Å². The summed E-state index contributed by atoms with van der Waals surface area (Å²) in [6, 6.07) is 0. The van der Waals surface area contributed by atoms with Crippen molar-refractivity contribution in [1.29, 1.82) is 0 Å². The van der Waals surface area contributed by atoms with Crippen LogP contribution in [0.2, 0.25) is 0 Å². The Kier molecular flexibility index (Phi) is 3.59. The van der Waals surface area contributed by atoms with Crippen molar-refractivity contribution in [3.63, 3.8) is 0 Å². The molecule has 0 aromatic carbocycles. The van der Waals surface area contributed by atoms with Crippen molar-refractivity contribution in [3.8, 4) is 0 Å². The molecule has 0 atom stereocenters. The number of nitrogens with one attached hydrogen (secondary N) is 1. The van der Waals surface area contributed by atoms with Gasteiger partial charge in [-0.05, 0) is 19.8 Å². The summed E-state index contributed by atoms with van der Waals surface area (Å²) in [7, 11) is 1.92. The van der Waals surface area contributed by atoms with Gasteiger partial charge in [-0.2, -0.15) is 20.1 Å². The molecule has 2 aromatic heterocycles. The van der Waals surface area contributed by atoms with Crippen LogP contribution in [0.4, 0.5) is 17.8 Å². The van der Waals surface area contributed by atoms with Gasteiger partial charge >= 0.3 is 0 Å². The summed E-state index contributed by atoms with van der Waals surface area (Å²) >= 11 is 0. The van der Waals surface area contributed by atoms with E-state index in [0.29, 0.717) is 18.4 Å². The van der Waals surface area contributed by atoms with Gasteiger partial charge in [0.1, 0.15) is 0 Å². The molecule has 2 aromatic rings. The zero-order chi connectivity index (χ0) is 14.8. The predicted molar refractivity (Wildman–Crippen MR) is 81.0 cm³/mol. The first-order valence-corrected chi connectivity index (χ1v) is 7.11. The van der Waals surface area contributed by atoms with Crippen molar-refractivity contribution in [3.05, 3.63) is 17.5 Å². The van der Waals surface area contributed by atoms with E-state index in [9.17, 15) is 0 Å². The highest BCUT2D eigenvalue weighted by atomic mass is 15.3. The van der Waals surface area contributed by atoms with Gasteiger partial charge in [0.15, 0.2) is 0 Å². The van der Waals surface area contributed by atoms with E-state index >= 15 is 0 Å². The summed E-state index contributed by atoms with van der Waals surface area (Å²) in [5, 5.41) is 7.41. The van der Waals surface area contributed by atoms with Gasteiger partial charge < -0.3 is 16.0 Å². The molecule has 1 aliphatic heterocycles. The van der Waals surface area contributed by atoms with E-state index in [1.54, 1.807) is 0 Å². The molecule has 0 radical (unpaired) electrons. The highest BCUT2D eigenvalue weighted by Gasteiger charge is 2.16. The lowest BCUT2D eigenvalue weighted by Crippen LogP contribution is -2.22. The van der Waals surface area contributed by atoms with Gasteiger partial charge in [-0.25, -0.2) is 0 Å². The number of nitrogen functional groups attached to an aromatic ring is 1. The van der Waals surface area contributed by atoms with Crippen LogP contribution in [0.25, 0.3) is 0 Å². The van der Waals surface area contributed by atoms with Gasteiger partial charge in [-0.1, -0.05) is 0 Å². The van der Waals surface area contributed by atoms with E-state index in [-0.39, 0.29) is 5.95 Å². The van der Waals surface area contributed by atoms with Crippen LogP contribution in [-0.2, 0) is 13.6 Å². The minimum absolute atomic E-state index is 0.248. The molecule has 8 heteroatoms. The minimum atomic E-state index is 0.248. The standard InChI is InChI=1S/C13H20N8/c1-9-10(8-16-20(9)2)7-15-12-17-11(14)18-13(19-12)21-5-3-4-6-21/h8H,3-7H2,1-2H3,(H3,14,15,17,18,19). The first-order valence-electron chi connectivity index (χ1n) is 7.11. The lowest BCUT2D eigenvalue weighted by atomic mass is 10.2. The highest BCUT2D eigenvalue weighted by Crippen LogP contribution is 2.18. The largest absolute Gasteiger partial charge is 0.368 e. The lowest BCUT2D eigenvalue weighted by Gasteiger charge is -2.16. The molecule has 1 aliphatic rings. The fraction of sp³-hybridized carbons (Fsp3) is 0.538. The van der Waals surface area contributed by atoms with Crippen molar-refractivity contribution in [2.75, 3.05) is 29.0 Å². The van der Waals surface area contributed by atoms with E-state index in [1.165, 1.54) is 12.8 Å². The summed E-state index contributed by atoms with van der Waals surface area (Å²) in [5.74, 6) is 1.41. The number of hydrogen-bond acceptors (Lipinski definition) is 7.